The predicted octanol–water partition coefficient (Wildman–Crippen LogP) is 1.36. The van der Waals surface area contributed by atoms with Crippen LogP contribution in [0.15, 0.2) is 18.2 Å². The third kappa shape index (κ3) is 2.79. The Kier molecular flexibility index (Phi) is 4.71. The van der Waals surface area contributed by atoms with Crippen molar-refractivity contribution in [2.45, 2.75) is 31.8 Å². The number of methoxy groups -OCH3 is 1. The van der Waals surface area contributed by atoms with Gasteiger partial charge < -0.3 is 9.84 Å². The lowest BCUT2D eigenvalue weighted by atomic mass is 9.75. The van der Waals surface area contributed by atoms with E-state index in [9.17, 15) is 23.9 Å². The summed E-state index contributed by atoms with van der Waals surface area (Å²) in [5, 5.41) is 13.3. The Morgan fingerprint density at radius 1 is 1.37 bits per heavy atom. The molecule has 3 rings (SSSR count). The van der Waals surface area contributed by atoms with Crippen molar-refractivity contribution in [1.29, 1.82) is 0 Å². The molecule has 0 bridgehead atoms. The molecule has 0 unspecified atom stereocenters. The first-order valence-corrected chi connectivity index (χ1v) is 8.80. The minimum Gasteiger partial charge on any atom is -0.508 e. The van der Waals surface area contributed by atoms with Crippen LogP contribution in [0.1, 0.15) is 31.9 Å². The Balaban J connectivity index is 2.20. The monoisotopic (exact) mass is 378 g/mol. The molecule has 2 amide bonds. The molecular weight excluding hydrogens is 355 g/mol. The third-order valence-electron chi connectivity index (χ3n) is 5.48. The number of carbonyl (C=O) groups excluding carboxylic acids is 3. The summed E-state index contributed by atoms with van der Waals surface area (Å²) in [5.41, 5.74) is -1.30. The second-order valence-electron chi connectivity index (χ2n) is 7.62. The maximum Gasteiger partial charge on any atom is 0.326 e. The number of imide groups is 1. The van der Waals surface area contributed by atoms with Gasteiger partial charge in [0.2, 0.25) is 11.8 Å². The molecule has 0 aromatic heterocycles. The van der Waals surface area contributed by atoms with Gasteiger partial charge in [0.1, 0.15) is 17.1 Å². The number of esters is 1. The van der Waals surface area contributed by atoms with Crippen molar-refractivity contribution in [3.8, 4) is 5.75 Å². The molecule has 0 saturated carbocycles. The largest absolute Gasteiger partial charge is 0.508 e. The lowest BCUT2D eigenvalue weighted by molar-refractivity contribution is -0.154. The maximum absolute atomic E-state index is 13.8. The van der Waals surface area contributed by atoms with Crippen LogP contribution in [0.2, 0.25) is 0 Å². The van der Waals surface area contributed by atoms with Crippen LogP contribution in [-0.4, -0.2) is 47.5 Å². The first-order valence-electron chi connectivity index (χ1n) is 8.80. The number of rotatable bonds is 4. The number of phenolic OH excluding ortho intramolecular Hbond substituents is 1. The van der Waals surface area contributed by atoms with Crippen molar-refractivity contribution in [3.63, 3.8) is 0 Å². The molecule has 146 valence electrons. The molecule has 0 spiro atoms. The van der Waals surface area contributed by atoms with Gasteiger partial charge in [-0.3, -0.25) is 24.6 Å². The van der Waals surface area contributed by atoms with Crippen molar-refractivity contribution < 1.29 is 28.6 Å². The van der Waals surface area contributed by atoms with E-state index in [1.165, 1.54) is 20.2 Å². The highest BCUT2D eigenvalue weighted by Crippen LogP contribution is 2.52. The number of nitrogens with one attached hydrogen (secondary N) is 1. The second kappa shape index (κ2) is 6.60. The molecule has 0 radical (unpaired) electrons. The SMILES string of the molecule is COC(=O)[C@]1(CC(C)C)N[C@H](c2cc(F)ccc2O)[C@@H]2C(=O)N(C)C(=O)[C@@H]21. The number of ether oxygens (including phenoxy) is 1. The molecule has 0 aliphatic carbocycles. The van der Waals surface area contributed by atoms with Crippen LogP contribution in [0.3, 0.4) is 0 Å². The molecular formula is C19H23FN2O5. The van der Waals surface area contributed by atoms with Crippen LogP contribution < -0.4 is 5.32 Å². The van der Waals surface area contributed by atoms with E-state index < -0.39 is 47.0 Å². The number of phenols is 1. The number of nitrogens with zero attached hydrogens (tertiary/aromatic N) is 1. The fourth-order valence-electron chi connectivity index (χ4n) is 4.47. The summed E-state index contributed by atoms with van der Waals surface area (Å²) >= 11 is 0. The van der Waals surface area contributed by atoms with E-state index >= 15 is 0 Å². The number of benzene rings is 1. The minimum atomic E-state index is -1.44. The number of amides is 2. The zero-order valence-electron chi connectivity index (χ0n) is 15.7. The maximum atomic E-state index is 13.8. The standard InChI is InChI=1S/C19H23FN2O5/c1-9(2)8-19(18(26)27-4)14-13(16(24)22(3)17(14)25)15(21-19)11-7-10(20)5-6-12(11)23/h5-7,9,13-15,21,23H,8H2,1-4H3/t13-,14-,15-,19-/m1/s1. The topological polar surface area (TPSA) is 95.9 Å². The summed E-state index contributed by atoms with van der Waals surface area (Å²) in [6.45, 7) is 3.78. The summed E-state index contributed by atoms with van der Waals surface area (Å²) < 4.78 is 18.8. The lowest BCUT2D eigenvalue weighted by Crippen LogP contribution is -2.56. The number of likely N-dealkylation sites (tertiary alicyclic amines) is 1. The van der Waals surface area contributed by atoms with Gasteiger partial charge >= 0.3 is 5.97 Å². The van der Waals surface area contributed by atoms with Crippen LogP contribution in [0.5, 0.6) is 5.75 Å². The molecule has 2 aliphatic rings. The highest BCUT2D eigenvalue weighted by atomic mass is 19.1. The van der Waals surface area contributed by atoms with E-state index in [2.05, 4.69) is 5.32 Å². The summed E-state index contributed by atoms with van der Waals surface area (Å²) in [6, 6.07) is 2.50. The first-order chi connectivity index (χ1) is 12.6. The molecule has 7 nitrogen and oxygen atoms in total. The van der Waals surface area contributed by atoms with Crippen LogP contribution in [0.4, 0.5) is 4.39 Å². The Morgan fingerprint density at radius 3 is 2.63 bits per heavy atom. The highest BCUT2D eigenvalue weighted by molar-refractivity contribution is 6.09. The number of carbonyl (C=O) groups is 3. The molecule has 2 aliphatic heterocycles. The number of aromatic hydroxyl groups is 1. The molecule has 8 heteroatoms. The van der Waals surface area contributed by atoms with E-state index in [-0.39, 0.29) is 23.7 Å². The van der Waals surface area contributed by atoms with Crippen molar-refractivity contribution in [2.24, 2.45) is 17.8 Å². The van der Waals surface area contributed by atoms with Gasteiger partial charge in [-0.15, -0.1) is 0 Å². The third-order valence-corrected chi connectivity index (χ3v) is 5.48. The average molecular weight is 378 g/mol. The van der Waals surface area contributed by atoms with Gasteiger partial charge in [0.15, 0.2) is 0 Å². The molecule has 2 heterocycles. The first kappa shape index (κ1) is 19.3. The van der Waals surface area contributed by atoms with E-state index in [1.807, 2.05) is 13.8 Å². The molecule has 27 heavy (non-hydrogen) atoms. The summed E-state index contributed by atoms with van der Waals surface area (Å²) in [5.74, 6) is -4.33. The van der Waals surface area contributed by atoms with Crippen molar-refractivity contribution in [3.05, 3.63) is 29.6 Å². The average Bonchev–Trinajstić information content (AvgIpc) is 3.06. The van der Waals surface area contributed by atoms with Gasteiger partial charge in [0.25, 0.3) is 0 Å². The second-order valence-corrected chi connectivity index (χ2v) is 7.62. The quantitative estimate of drug-likeness (QED) is 0.607. The summed E-state index contributed by atoms with van der Waals surface area (Å²) in [4.78, 5) is 39.5. The summed E-state index contributed by atoms with van der Waals surface area (Å²) in [7, 11) is 2.59. The van der Waals surface area contributed by atoms with Gasteiger partial charge in [-0.1, -0.05) is 13.8 Å². The Hall–Kier alpha value is -2.48. The van der Waals surface area contributed by atoms with E-state index in [0.717, 1.165) is 17.0 Å². The summed E-state index contributed by atoms with van der Waals surface area (Å²) in [6.07, 6.45) is 0.250. The molecule has 1 aromatic carbocycles. The van der Waals surface area contributed by atoms with Gasteiger partial charge in [0.05, 0.1) is 18.9 Å². The fourth-order valence-corrected chi connectivity index (χ4v) is 4.47. The van der Waals surface area contributed by atoms with E-state index in [1.54, 1.807) is 0 Å². The predicted molar refractivity (Wildman–Crippen MR) is 92.9 cm³/mol. The Bertz CT molecular complexity index is 811. The van der Waals surface area contributed by atoms with Crippen LogP contribution in [0.25, 0.3) is 0 Å². The number of halogens is 1. The van der Waals surface area contributed by atoms with Crippen molar-refractivity contribution in [1.82, 2.24) is 10.2 Å². The Labute approximate surface area is 156 Å². The Morgan fingerprint density at radius 2 is 2.04 bits per heavy atom. The van der Waals surface area contributed by atoms with E-state index in [0.29, 0.717) is 0 Å². The van der Waals surface area contributed by atoms with Gasteiger partial charge in [-0.25, -0.2) is 4.39 Å². The zero-order valence-corrected chi connectivity index (χ0v) is 15.7. The van der Waals surface area contributed by atoms with Crippen molar-refractivity contribution >= 4 is 17.8 Å². The fraction of sp³-hybridized carbons (Fsp3) is 0.526. The smallest absolute Gasteiger partial charge is 0.326 e. The molecule has 2 fully saturated rings. The number of fused-ring (bicyclic) bond motifs is 1. The van der Waals surface area contributed by atoms with Gasteiger partial charge in [-0.2, -0.15) is 0 Å². The normalized spacial score (nSPS) is 30.1. The number of hydrogen-bond acceptors (Lipinski definition) is 6. The van der Waals surface area contributed by atoms with E-state index in [4.69, 9.17) is 4.74 Å². The van der Waals surface area contributed by atoms with Crippen molar-refractivity contribution in [2.75, 3.05) is 14.2 Å². The minimum absolute atomic E-state index is 0.00548. The molecule has 1 aromatic rings. The lowest BCUT2D eigenvalue weighted by Gasteiger charge is -2.33. The van der Waals surface area contributed by atoms with Gasteiger partial charge in [-0.05, 0) is 30.5 Å². The van der Waals surface area contributed by atoms with Crippen LogP contribution in [-0.2, 0) is 19.1 Å². The zero-order chi connectivity index (χ0) is 20.1. The molecule has 4 atom stereocenters. The number of hydrogen-bond donors (Lipinski definition) is 2. The highest BCUT2D eigenvalue weighted by Gasteiger charge is 2.68. The van der Waals surface area contributed by atoms with Crippen LogP contribution in [0, 0.1) is 23.6 Å². The van der Waals surface area contributed by atoms with Gasteiger partial charge in [0, 0.05) is 18.7 Å². The molecule has 2 saturated heterocycles. The van der Waals surface area contributed by atoms with Crippen LogP contribution >= 0.6 is 0 Å². The molecule has 2 N–H and O–H groups in total.